The fraction of sp³-hybridized carbons (Fsp3) is 0.263. The number of nitrogens with zero attached hydrogens (tertiary/aromatic N) is 3. The van der Waals surface area contributed by atoms with Crippen molar-refractivity contribution < 1.29 is 18.9 Å². The second-order valence-corrected chi connectivity index (χ2v) is 6.40. The summed E-state index contributed by atoms with van der Waals surface area (Å²) in [5, 5.41) is 1.28. The quantitative estimate of drug-likeness (QED) is 0.893. The summed E-state index contributed by atoms with van der Waals surface area (Å²) in [6, 6.07) is 11.1. The number of pyridine rings is 1. The van der Waals surface area contributed by atoms with Crippen molar-refractivity contribution in [2.45, 2.75) is 12.8 Å². The molecule has 27 heavy (non-hydrogen) atoms. The lowest BCUT2D eigenvalue weighted by Crippen LogP contribution is -2.41. The van der Waals surface area contributed by atoms with E-state index in [2.05, 4.69) is 10.6 Å². The van der Waals surface area contributed by atoms with E-state index >= 15 is 0 Å². The molecule has 1 saturated heterocycles. The summed E-state index contributed by atoms with van der Waals surface area (Å²) in [6.45, 7) is 1.23. The van der Waals surface area contributed by atoms with E-state index in [0.717, 1.165) is 12.8 Å². The maximum Gasteiger partial charge on any atom is 0.272 e. The molecule has 4 rings (SSSR count). The molecule has 1 fully saturated rings. The predicted molar refractivity (Wildman–Crippen MR) is 94.0 cm³/mol. The van der Waals surface area contributed by atoms with E-state index in [-0.39, 0.29) is 17.6 Å². The number of hydroxylamine groups is 1. The number of hydrazine groups is 1. The van der Waals surface area contributed by atoms with Gasteiger partial charge in [-0.05, 0) is 42.7 Å². The molecule has 0 bridgehead atoms. The Labute approximate surface area is 155 Å². The molecule has 2 aromatic rings. The van der Waals surface area contributed by atoms with Crippen molar-refractivity contribution >= 4 is 5.91 Å². The monoisotopic (exact) mass is 370 g/mol. The zero-order valence-electron chi connectivity index (χ0n) is 14.5. The van der Waals surface area contributed by atoms with Gasteiger partial charge in [0, 0.05) is 31.3 Å². The number of likely N-dealkylation sites (tertiary alicyclic amines) is 1. The average molecular weight is 370 g/mol. The van der Waals surface area contributed by atoms with Crippen molar-refractivity contribution in [1.82, 2.24) is 20.6 Å². The molecule has 1 aromatic carbocycles. The van der Waals surface area contributed by atoms with Crippen LogP contribution in [-0.4, -0.2) is 34.1 Å². The zero-order chi connectivity index (χ0) is 18.6. The molecule has 2 aliphatic rings. The summed E-state index contributed by atoms with van der Waals surface area (Å²) in [4.78, 5) is 29.6. The standard InChI is InChI=1S/C19H19FN4O3/c20-15-6-3-7-16(11-15)27-24-13-18(26-22-24)14-5-4-10-23(12-14)19(25)17-8-1-2-9-21-17/h1-3,6-9,11,13-14,22H,4-5,10,12H2/t14-/m0/s1. The lowest BCUT2D eigenvalue weighted by Gasteiger charge is -2.32. The fourth-order valence-corrected chi connectivity index (χ4v) is 3.18. The highest BCUT2D eigenvalue weighted by molar-refractivity contribution is 5.92. The van der Waals surface area contributed by atoms with Crippen LogP contribution < -0.4 is 10.4 Å². The van der Waals surface area contributed by atoms with Crippen molar-refractivity contribution in [3.05, 3.63) is 72.1 Å². The van der Waals surface area contributed by atoms with E-state index in [9.17, 15) is 9.18 Å². The van der Waals surface area contributed by atoms with Crippen LogP contribution in [0.4, 0.5) is 4.39 Å². The first kappa shape index (κ1) is 17.3. The van der Waals surface area contributed by atoms with Gasteiger partial charge >= 0.3 is 0 Å². The third-order valence-electron chi connectivity index (χ3n) is 4.49. The highest BCUT2D eigenvalue weighted by Crippen LogP contribution is 2.27. The van der Waals surface area contributed by atoms with Crippen LogP contribution in [0.5, 0.6) is 5.75 Å². The Morgan fingerprint density at radius 3 is 3.04 bits per heavy atom. The van der Waals surface area contributed by atoms with Gasteiger partial charge in [0.15, 0.2) is 11.5 Å². The summed E-state index contributed by atoms with van der Waals surface area (Å²) in [7, 11) is 0. The molecule has 0 saturated carbocycles. The molecule has 1 atom stereocenters. The summed E-state index contributed by atoms with van der Waals surface area (Å²) in [6.07, 6.45) is 5.05. The highest BCUT2D eigenvalue weighted by Gasteiger charge is 2.31. The van der Waals surface area contributed by atoms with E-state index in [1.807, 2.05) is 0 Å². The van der Waals surface area contributed by atoms with Gasteiger partial charge in [-0.2, -0.15) is 0 Å². The Hall–Kier alpha value is -3.13. The summed E-state index contributed by atoms with van der Waals surface area (Å²) in [5.41, 5.74) is 3.07. The van der Waals surface area contributed by atoms with E-state index in [0.29, 0.717) is 30.3 Å². The minimum absolute atomic E-state index is 0.0417. The lowest BCUT2D eigenvalue weighted by atomic mass is 9.96. The van der Waals surface area contributed by atoms with Gasteiger partial charge in [-0.1, -0.05) is 12.1 Å². The smallest absolute Gasteiger partial charge is 0.272 e. The number of piperidine rings is 1. The van der Waals surface area contributed by atoms with E-state index < -0.39 is 0 Å². The topological polar surface area (TPSA) is 66.9 Å². The molecular formula is C19H19FN4O3. The van der Waals surface area contributed by atoms with Crippen LogP contribution in [0.25, 0.3) is 0 Å². The molecule has 0 radical (unpaired) electrons. The second-order valence-electron chi connectivity index (χ2n) is 6.40. The van der Waals surface area contributed by atoms with Crippen LogP contribution in [0.15, 0.2) is 60.6 Å². The molecule has 0 unspecified atom stereocenters. The normalized spacial score (nSPS) is 19.4. The van der Waals surface area contributed by atoms with Crippen LogP contribution in [0.2, 0.25) is 0 Å². The van der Waals surface area contributed by atoms with Gasteiger partial charge in [0.05, 0.1) is 0 Å². The van der Waals surface area contributed by atoms with Crippen molar-refractivity contribution in [3.63, 3.8) is 0 Å². The largest absolute Gasteiger partial charge is 0.389 e. The number of hydrogen-bond acceptors (Lipinski definition) is 6. The van der Waals surface area contributed by atoms with Crippen LogP contribution in [-0.2, 0) is 4.84 Å². The molecule has 3 heterocycles. The summed E-state index contributed by atoms with van der Waals surface area (Å²) in [5.74, 6) is 0.594. The van der Waals surface area contributed by atoms with E-state index in [4.69, 9.17) is 9.68 Å². The highest BCUT2D eigenvalue weighted by atomic mass is 19.1. The van der Waals surface area contributed by atoms with Crippen molar-refractivity contribution in [3.8, 4) is 5.75 Å². The van der Waals surface area contributed by atoms with Gasteiger partial charge < -0.3 is 14.6 Å². The van der Waals surface area contributed by atoms with Gasteiger partial charge in [0.1, 0.15) is 17.7 Å². The SMILES string of the molecule is O=C(c1ccccn1)N1CCC[C@H](C2=CN(Oc3cccc(F)c3)NO2)C1. The number of carbonyl (C=O) groups excluding carboxylic acids is 1. The number of nitrogens with one attached hydrogen (secondary N) is 1. The Morgan fingerprint density at radius 2 is 2.22 bits per heavy atom. The lowest BCUT2D eigenvalue weighted by molar-refractivity contribution is -0.139. The maximum absolute atomic E-state index is 13.3. The molecule has 1 N–H and O–H groups in total. The Kier molecular flexibility index (Phi) is 4.88. The molecule has 1 amide bonds. The Balaban J connectivity index is 1.40. The number of amides is 1. The first-order valence-electron chi connectivity index (χ1n) is 8.76. The second kappa shape index (κ2) is 7.63. The number of rotatable bonds is 4. The minimum Gasteiger partial charge on any atom is -0.389 e. The van der Waals surface area contributed by atoms with Crippen LogP contribution in [0.3, 0.4) is 0 Å². The van der Waals surface area contributed by atoms with E-state index in [1.165, 1.54) is 17.3 Å². The van der Waals surface area contributed by atoms with Gasteiger partial charge in [-0.3, -0.25) is 9.78 Å². The van der Waals surface area contributed by atoms with Gasteiger partial charge in [0.2, 0.25) is 0 Å². The predicted octanol–water partition coefficient (Wildman–Crippen LogP) is 2.66. The van der Waals surface area contributed by atoms with Gasteiger partial charge in [-0.25, -0.2) is 4.39 Å². The third-order valence-corrected chi connectivity index (χ3v) is 4.49. The molecule has 1 aromatic heterocycles. The molecular weight excluding hydrogens is 351 g/mol. The fourth-order valence-electron chi connectivity index (χ4n) is 3.18. The molecule has 140 valence electrons. The Morgan fingerprint density at radius 1 is 1.30 bits per heavy atom. The number of benzene rings is 1. The number of aromatic nitrogens is 1. The van der Waals surface area contributed by atoms with E-state index in [1.54, 1.807) is 47.6 Å². The molecule has 2 aliphatic heterocycles. The molecule has 0 spiro atoms. The number of carbonyl (C=O) groups is 1. The Bertz CT molecular complexity index is 846. The van der Waals surface area contributed by atoms with Crippen molar-refractivity contribution in [2.75, 3.05) is 13.1 Å². The van der Waals surface area contributed by atoms with Crippen LogP contribution in [0.1, 0.15) is 23.3 Å². The first-order valence-corrected chi connectivity index (χ1v) is 8.76. The zero-order valence-corrected chi connectivity index (χ0v) is 14.5. The summed E-state index contributed by atoms with van der Waals surface area (Å²) >= 11 is 0. The van der Waals surface area contributed by atoms with Crippen molar-refractivity contribution in [1.29, 1.82) is 0 Å². The molecule has 0 aliphatic carbocycles. The van der Waals surface area contributed by atoms with Crippen LogP contribution >= 0.6 is 0 Å². The number of halogens is 1. The van der Waals surface area contributed by atoms with Gasteiger partial charge in [0.25, 0.3) is 5.91 Å². The van der Waals surface area contributed by atoms with Gasteiger partial charge in [-0.15, -0.1) is 5.17 Å². The minimum atomic E-state index is -0.382. The molecule has 8 heteroatoms. The molecule has 7 nitrogen and oxygen atoms in total. The third kappa shape index (κ3) is 4.01. The average Bonchev–Trinajstić information content (AvgIpc) is 3.17. The first-order chi connectivity index (χ1) is 13.2. The van der Waals surface area contributed by atoms with Crippen molar-refractivity contribution in [2.24, 2.45) is 5.92 Å². The maximum atomic E-state index is 13.3. The number of hydrogen-bond donors (Lipinski definition) is 1. The van der Waals surface area contributed by atoms with Crippen LogP contribution in [0, 0.1) is 11.7 Å². The summed E-state index contributed by atoms with van der Waals surface area (Å²) < 4.78 is 13.3.